The Balaban J connectivity index is 2.04. The first kappa shape index (κ1) is 12.9. The number of sulfonamides is 1. The highest BCUT2D eigenvalue weighted by atomic mass is 35.5. The first-order chi connectivity index (χ1) is 9.49. The van der Waals surface area contributed by atoms with Crippen LogP contribution in [0, 0.1) is 0 Å². The van der Waals surface area contributed by atoms with Gasteiger partial charge in [-0.3, -0.25) is 4.72 Å². The van der Waals surface area contributed by atoms with Crippen LogP contribution in [0.25, 0.3) is 5.65 Å². The Kier molecular flexibility index (Phi) is 2.87. The number of anilines is 1. The van der Waals surface area contributed by atoms with Gasteiger partial charge in [-0.2, -0.15) is 13.5 Å². The van der Waals surface area contributed by atoms with Crippen LogP contribution in [0.15, 0.2) is 36.0 Å². The molecule has 8 nitrogen and oxygen atoms in total. The number of aryl methyl sites for hydroxylation is 1. The second-order valence-electron chi connectivity index (χ2n) is 4.00. The van der Waals surface area contributed by atoms with Crippen LogP contribution >= 0.6 is 11.6 Å². The van der Waals surface area contributed by atoms with Crippen LogP contribution in [-0.4, -0.2) is 32.6 Å². The normalized spacial score (nSPS) is 11.9. The van der Waals surface area contributed by atoms with Crippen LogP contribution in [0.2, 0.25) is 5.15 Å². The van der Waals surface area contributed by atoms with Crippen molar-refractivity contribution in [3.63, 3.8) is 0 Å². The van der Waals surface area contributed by atoms with E-state index in [1.165, 1.54) is 21.6 Å². The van der Waals surface area contributed by atoms with E-state index in [4.69, 9.17) is 11.6 Å². The number of nitrogens with one attached hydrogen (secondary N) is 1. The summed E-state index contributed by atoms with van der Waals surface area (Å²) in [7, 11) is -2.29. The fourth-order valence-corrected chi connectivity index (χ4v) is 3.15. The van der Waals surface area contributed by atoms with Crippen molar-refractivity contribution in [2.45, 2.75) is 5.03 Å². The number of fused-ring (bicyclic) bond motifs is 1. The number of nitrogens with zero attached hydrogens (tertiary/aromatic N) is 5. The minimum atomic E-state index is -3.89. The monoisotopic (exact) mass is 312 g/mol. The molecule has 3 aromatic rings. The van der Waals surface area contributed by atoms with Crippen LogP contribution in [0.5, 0.6) is 0 Å². The van der Waals surface area contributed by atoms with Gasteiger partial charge in [-0.15, -0.1) is 0 Å². The zero-order valence-electron chi connectivity index (χ0n) is 10.2. The fourth-order valence-electron chi connectivity index (χ4n) is 1.67. The van der Waals surface area contributed by atoms with E-state index < -0.39 is 10.0 Å². The number of imidazole rings is 1. The topological polar surface area (TPSA) is 94.2 Å². The zero-order chi connectivity index (χ0) is 14.3. The summed E-state index contributed by atoms with van der Waals surface area (Å²) in [5.41, 5.74) is 0.649. The average Bonchev–Trinajstić information content (AvgIpc) is 2.96. The second kappa shape index (κ2) is 4.46. The molecule has 3 aromatic heterocycles. The molecule has 10 heteroatoms. The van der Waals surface area contributed by atoms with Crippen molar-refractivity contribution in [3.05, 3.63) is 36.1 Å². The molecule has 0 aromatic carbocycles. The molecule has 0 fully saturated rings. The SMILES string of the molecule is Cn1cnc(S(=O)(=O)Nc2cnn3cccnc23)c1Cl. The lowest BCUT2D eigenvalue weighted by atomic mass is 10.5. The van der Waals surface area contributed by atoms with E-state index >= 15 is 0 Å². The van der Waals surface area contributed by atoms with Gasteiger partial charge in [0.1, 0.15) is 10.8 Å². The average molecular weight is 313 g/mol. The molecule has 0 aliphatic heterocycles. The van der Waals surface area contributed by atoms with E-state index in [0.717, 1.165) is 0 Å². The van der Waals surface area contributed by atoms with E-state index in [0.29, 0.717) is 5.65 Å². The highest BCUT2D eigenvalue weighted by Crippen LogP contribution is 2.23. The van der Waals surface area contributed by atoms with Crippen LogP contribution in [-0.2, 0) is 17.1 Å². The minimum Gasteiger partial charge on any atom is -0.324 e. The molecular formula is C10H9ClN6O2S. The quantitative estimate of drug-likeness (QED) is 0.776. The van der Waals surface area contributed by atoms with Crippen molar-refractivity contribution >= 4 is 33.0 Å². The number of halogens is 1. The van der Waals surface area contributed by atoms with E-state index in [1.807, 2.05) is 0 Å². The number of aromatic nitrogens is 5. The third-order valence-electron chi connectivity index (χ3n) is 2.61. The Morgan fingerprint density at radius 2 is 2.15 bits per heavy atom. The predicted molar refractivity (Wildman–Crippen MR) is 72.0 cm³/mol. The van der Waals surface area contributed by atoms with Gasteiger partial charge in [-0.1, -0.05) is 11.6 Å². The summed E-state index contributed by atoms with van der Waals surface area (Å²) in [5.74, 6) is 0. The minimum absolute atomic E-state index is 0.0296. The number of rotatable bonds is 3. The number of hydrogen-bond donors (Lipinski definition) is 1. The summed E-state index contributed by atoms with van der Waals surface area (Å²) in [6, 6.07) is 1.69. The van der Waals surface area contributed by atoms with Crippen molar-refractivity contribution < 1.29 is 8.42 Å². The molecule has 20 heavy (non-hydrogen) atoms. The van der Waals surface area contributed by atoms with Crippen LogP contribution in [0.3, 0.4) is 0 Å². The van der Waals surface area contributed by atoms with Gasteiger partial charge in [0.25, 0.3) is 10.0 Å². The van der Waals surface area contributed by atoms with Crippen LogP contribution in [0.1, 0.15) is 0 Å². The molecule has 0 aliphatic carbocycles. The summed E-state index contributed by atoms with van der Waals surface area (Å²) < 4.78 is 29.7. The van der Waals surface area contributed by atoms with Gasteiger partial charge in [-0.05, 0) is 6.07 Å². The molecule has 3 rings (SSSR count). The van der Waals surface area contributed by atoms with Gasteiger partial charge >= 0.3 is 0 Å². The summed E-state index contributed by atoms with van der Waals surface area (Å²) >= 11 is 5.90. The maximum Gasteiger partial charge on any atom is 0.282 e. The lowest BCUT2D eigenvalue weighted by molar-refractivity contribution is 0.598. The Labute approximate surface area is 119 Å². The van der Waals surface area contributed by atoms with E-state index in [9.17, 15) is 8.42 Å². The van der Waals surface area contributed by atoms with E-state index in [1.54, 1.807) is 25.5 Å². The Bertz CT molecular complexity index is 884. The van der Waals surface area contributed by atoms with Crippen molar-refractivity contribution in [2.24, 2.45) is 7.05 Å². The van der Waals surface area contributed by atoms with Gasteiger partial charge in [0, 0.05) is 19.4 Å². The van der Waals surface area contributed by atoms with Gasteiger partial charge in [-0.25, -0.2) is 14.5 Å². The molecule has 3 heterocycles. The van der Waals surface area contributed by atoms with Crippen LogP contribution in [0.4, 0.5) is 5.69 Å². The highest BCUT2D eigenvalue weighted by Gasteiger charge is 2.23. The molecule has 1 N–H and O–H groups in total. The Morgan fingerprint density at radius 1 is 1.35 bits per heavy atom. The highest BCUT2D eigenvalue weighted by molar-refractivity contribution is 7.92. The molecule has 0 radical (unpaired) electrons. The zero-order valence-corrected chi connectivity index (χ0v) is 11.8. The standard InChI is InChI=1S/C10H9ClN6O2S/c1-16-6-13-10(8(16)11)20(18,19)15-7-5-14-17-4-2-3-12-9(7)17/h2-6,15H,1H3. The molecule has 0 bridgehead atoms. The molecule has 104 valence electrons. The van der Waals surface area contributed by atoms with Crippen LogP contribution < -0.4 is 4.72 Å². The Hall–Kier alpha value is -2.13. The largest absolute Gasteiger partial charge is 0.324 e. The third-order valence-corrected chi connectivity index (χ3v) is 4.47. The smallest absolute Gasteiger partial charge is 0.282 e. The molecule has 0 atom stereocenters. The molecule has 0 spiro atoms. The van der Waals surface area contributed by atoms with Crippen molar-refractivity contribution in [1.29, 1.82) is 0 Å². The van der Waals surface area contributed by atoms with Gasteiger partial charge in [0.2, 0.25) is 5.03 Å². The number of hydrogen-bond acceptors (Lipinski definition) is 5. The summed E-state index contributed by atoms with van der Waals surface area (Å²) in [6.45, 7) is 0. The van der Waals surface area contributed by atoms with Gasteiger partial charge in [0.05, 0.1) is 12.5 Å². The first-order valence-electron chi connectivity index (χ1n) is 5.47. The lowest BCUT2D eigenvalue weighted by Gasteiger charge is -2.04. The summed E-state index contributed by atoms with van der Waals surface area (Å²) in [6.07, 6.45) is 5.90. The van der Waals surface area contributed by atoms with E-state index in [2.05, 4.69) is 19.8 Å². The maximum absolute atomic E-state index is 12.2. The predicted octanol–water partition coefficient (Wildman–Crippen LogP) is 0.917. The fraction of sp³-hybridized carbons (Fsp3) is 0.100. The molecular weight excluding hydrogens is 304 g/mol. The third kappa shape index (κ3) is 2.00. The molecule has 0 amide bonds. The Morgan fingerprint density at radius 3 is 2.85 bits per heavy atom. The van der Waals surface area contributed by atoms with Crippen molar-refractivity contribution in [2.75, 3.05) is 4.72 Å². The molecule has 0 saturated carbocycles. The summed E-state index contributed by atoms with van der Waals surface area (Å²) in [5, 5.41) is 3.78. The first-order valence-corrected chi connectivity index (χ1v) is 7.33. The van der Waals surface area contributed by atoms with Gasteiger partial charge < -0.3 is 4.57 Å². The second-order valence-corrected chi connectivity index (χ2v) is 5.96. The molecule has 0 unspecified atom stereocenters. The summed E-state index contributed by atoms with van der Waals surface area (Å²) in [4.78, 5) is 7.84. The molecule has 0 aliphatic rings. The maximum atomic E-state index is 12.2. The lowest BCUT2D eigenvalue weighted by Crippen LogP contribution is -2.14. The van der Waals surface area contributed by atoms with Gasteiger partial charge in [0.15, 0.2) is 5.65 Å². The van der Waals surface area contributed by atoms with E-state index in [-0.39, 0.29) is 15.9 Å². The van der Waals surface area contributed by atoms with Crippen molar-refractivity contribution in [3.8, 4) is 0 Å². The molecule has 0 saturated heterocycles. The van der Waals surface area contributed by atoms with Crippen molar-refractivity contribution in [1.82, 2.24) is 24.1 Å².